The van der Waals surface area contributed by atoms with E-state index < -0.39 is 6.04 Å². The molecule has 4 rings (SSSR count). The van der Waals surface area contributed by atoms with E-state index in [4.69, 9.17) is 11.6 Å². The van der Waals surface area contributed by atoms with Gasteiger partial charge in [0.15, 0.2) is 11.7 Å². The number of hydrogen-bond acceptors (Lipinski definition) is 6. The highest BCUT2D eigenvalue weighted by Crippen LogP contribution is 2.18. The summed E-state index contributed by atoms with van der Waals surface area (Å²) in [5.41, 5.74) is 1.57. The zero-order valence-electron chi connectivity index (χ0n) is 15.7. The number of pyridine rings is 1. The Hall–Kier alpha value is -3.33. The molecule has 0 radical (unpaired) electrons. The van der Waals surface area contributed by atoms with E-state index in [1.807, 2.05) is 47.9 Å². The first-order valence-electron chi connectivity index (χ1n) is 9.27. The van der Waals surface area contributed by atoms with E-state index in [1.54, 1.807) is 12.1 Å². The van der Waals surface area contributed by atoms with Gasteiger partial charge in [-0.3, -0.25) is 9.20 Å². The first kappa shape index (κ1) is 19.0. The molecule has 148 valence electrons. The average molecular weight is 411 g/mol. The predicted molar refractivity (Wildman–Crippen MR) is 107 cm³/mol. The van der Waals surface area contributed by atoms with Crippen LogP contribution in [0.15, 0.2) is 48.7 Å². The van der Waals surface area contributed by atoms with Gasteiger partial charge < -0.3 is 5.32 Å². The molecule has 10 heteroatoms. The van der Waals surface area contributed by atoms with Crippen molar-refractivity contribution in [2.45, 2.75) is 25.8 Å². The largest absolute Gasteiger partial charge is 0.354 e. The van der Waals surface area contributed by atoms with E-state index in [2.05, 4.69) is 30.9 Å². The maximum Gasteiger partial charge on any atom is 0.246 e. The van der Waals surface area contributed by atoms with E-state index in [0.717, 1.165) is 17.0 Å². The van der Waals surface area contributed by atoms with Crippen LogP contribution >= 0.6 is 11.6 Å². The Morgan fingerprint density at radius 2 is 1.97 bits per heavy atom. The summed E-state index contributed by atoms with van der Waals surface area (Å²) in [5, 5.41) is 24.3. The molecule has 1 unspecified atom stereocenters. The molecule has 0 aliphatic heterocycles. The van der Waals surface area contributed by atoms with Crippen molar-refractivity contribution in [3.8, 4) is 11.4 Å². The van der Waals surface area contributed by atoms with Gasteiger partial charge in [0, 0.05) is 29.7 Å². The topological polar surface area (TPSA) is 103 Å². The Morgan fingerprint density at radius 3 is 2.76 bits per heavy atom. The Morgan fingerprint density at radius 1 is 1.14 bits per heavy atom. The molecule has 29 heavy (non-hydrogen) atoms. The van der Waals surface area contributed by atoms with Crippen LogP contribution < -0.4 is 5.32 Å². The van der Waals surface area contributed by atoms with Gasteiger partial charge >= 0.3 is 0 Å². The lowest BCUT2D eigenvalue weighted by Crippen LogP contribution is -2.34. The first-order valence-corrected chi connectivity index (χ1v) is 9.65. The third kappa shape index (κ3) is 4.09. The summed E-state index contributed by atoms with van der Waals surface area (Å²) in [6.45, 7) is 2.34. The summed E-state index contributed by atoms with van der Waals surface area (Å²) in [6, 6.07) is 12.3. The number of nitrogens with zero attached hydrogens (tertiary/aromatic N) is 7. The predicted octanol–water partition coefficient (Wildman–Crippen LogP) is 2.35. The van der Waals surface area contributed by atoms with E-state index >= 15 is 0 Å². The van der Waals surface area contributed by atoms with Crippen molar-refractivity contribution >= 4 is 23.2 Å². The van der Waals surface area contributed by atoms with Crippen LogP contribution in [-0.2, 0) is 11.2 Å². The molecule has 0 aliphatic rings. The molecule has 0 aliphatic carbocycles. The quantitative estimate of drug-likeness (QED) is 0.501. The molecule has 3 heterocycles. The molecule has 1 aromatic carbocycles. The van der Waals surface area contributed by atoms with Gasteiger partial charge in [0.1, 0.15) is 5.82 Å². The molecule has 1 atom stereocenters. The van der Waals surface area contributed by atoms with E-state index in [1.165, 1.54) is 4.80 Å². The lowest BCUT2D eigenvalue weighted by Gasteiger charge is -2.13. The number of carbonyl (C=O) groups is 1. The van der Waals surface area contributed by atoms with Gasteiger partial charge in [-0.15, -0.1) is 20.4 Å². The van der Waals surface area contributed by atoms with Gasteiger partial charge in [-0.1, -0.05) is 24.6 Å². The molecule has 0 bridgehead atoms. The fraction of sp³-hybridized carbons (Fsp3) is 0.263. The van der Waals surface area contributed by atoms with E-state index in [-0.39, 0.29) is 5.91 Å². The highest BCUT2D eigenvalue weighted by Gasteiger charge is 2.22. The van der Waals surface area contributed by atoms with Crippen LogP contribution in [0.3, 0.4) is 0 Å². The zero-order chi connectivity index (χ0) is 20.2. The molecule has 1 amide bonds. The molecule has 0 saturated heterocycles. The average Bonchev–Trinajstić information content (AvgIpc) is 3.37. The van der Waals surface area contributed by atoms with Crippen LogP contribution in [0.2, 0.25) is 5.02 Å². The maximum atomic E-state index is 12.7. The summed E-state index contributed by atoms with van der Waals surface area (Å²) in [6.07, 6.45) is 3.00. The number of fused-ring (bicyclic) bond motifs is 1. The van der Waals surface area contributed by atoms with Gasteiger partial charge in [0.25, 0.3) is 0 Å². The SMILES string of the molecule is CCC(C(=O)NCCc1nnc2ccccn12)n1nnc(-c2ccc(Cl)cc2)n1. The number of hydrogen-bond donors (Lipinski definition) is 1. The lowest BCUT2D eigenvalue weighted by molar-refractivity contribution is -0.125. The van der Waals surface area contributed by atoms with Gasteiger partial charge in [-0.25, -0.2) is 0 Å². The van der Waals surface area contributed by atoms with Gasteiger partial charge in [-0.05, 0) is 48.0 Å². The van der Waals surface area contributed by atoms with Crippen molar-refractivity contribution in [2.24, 2.45) is 0 Å². The smallest absolute Gasteiger partial charge is 0.246 e. The molecule has 0 fully saturated rings. The Kier molecular flexibility index (Phi) is 5.48. The van der Waals surface area contributed by atoms with E-state index in [9.17, 15) is 4.79 Å². The maximum absolute atomic E-state index is 12.7. The summed E-state index contributed by atoms with van der Waals surface area (Å²) in [7, 11) is 0. The fourth-order valence-electron chi connectivity index (χ4n) is 3.00. The van der Waals surface area contributed by atoms with Crippen molar-refractivity contribution in [3.63, 3.8) is 0 Å². The Balaban J connectivity index is 1.40. The minimum atomic E-state index is -0.543. The molecule has 9 nitrogen and oxygen atoms in total. The number of rotatable bonds is 7. The number of amides is 1. The van der Waals surface area contributed by atoms with Gasteiger partial charge in [0.05, 0.1) is 0 Å². The van der Waals surface area contributed by atoms with Crippen LogP contribution in [0.5, 0.6) is 0 Å². The molecular formula is C19H19ClN8O. The van der Waals surface area contributed by atoms with Crippen LogP contribution in [0, 0.1) is 0 Å². The van der Waals surface area contributed by atoms with Crippen molar-refractivity contribution in [1.29, 1.82) is 0 Å². The molecular weight excluding hydrogens is 392 g/mol. The second-order valence-corrected chi connectivity index (χ2v) is 6.89. The number of nitrogens with one attached hydrogen (secondary N) is 1. The molecule has 3 aromatic heterocycles. The fourth-order valence-corrected chi connectivity index (χ4v) is 3.13. The second kappa shape index (κ2) is 8.36. The minimum absolute atomic E-state index is 0.165. The number of carbonyl (C=O) groups excluding carboxylic acids is 1. The number of benzene rings is 1. The first-order chi connectivity index (χ1) is 14.2. The van der Waals surface area contributed by atoms with Crippen LogP contribution in [0.25, 0.3) is 17.0 Å². The summed E-state index contributed by atoms with van der Waals surface area (Å²) < 4.78 is 1.90. The zero-order valence-corrected chi connectivity index (χ0v) is 16.5. The minimum Gasteiger partial charge on any atom is -0.354 e. The Labute approximate surface area is 171 Å². The molecule has 0 spiro atoms. The van der Waals surface area contributed by atoms with Crippen LogP contribution in [0.4, 0.5) is 0 Å². The third-order valence-electron chi connectivity index (χ3n) is 4.53. The van der Waals surface area contributed by atoms with E-state index in [0.29, 0.717) is 30.2 Å². The summed E-state index contributed by atoms with van der Waals surface area (Å²) in [4.78, 5) is 14.0. The highest BCUT2D eigenvalue weighted by molar-refractivity contribution is 6.30. The standard InChI is InChI=1S/C19H19ClN8O/c1-2-15(28-25-18(24-26-28)13-6-8-14(20)9-7-13)19(29)21-11-10-17-23-22-16-5-3-4-12-27(16)17/h3-9,12,15H,2,10-11H2,1H3,(H,21,29). The summed E-state index contributed by atoms with van der Waals surface area (Å²) in [5.74, 6) is 1.07. The third-order valence-corrected chi connectivity index (χ3v) is 4.78. The lowest BCUT2D eigenvalue weighted by atomic mass is 10.2. The normalized spacial score (nSPS) is 12.2. The van der Waals surface area contributed by atoms with Gasteiger partial charge in [0.2, 0.25) is 11.7 Å². The van der Waals surface area contributed by atoms with Gasteiger partial charge in [-0.2, -0.15) is 4.80 Å². The van der Waals surface area contributed by atoms with Crippen LogP contribution in [0.1, 0.15) is 25.2 Å². The van der Waals surface area contributed by atoms with Crippen molar-refractivity contribution in [1.82, 2.24) is 40.1 Å². The summed E-state index contributed by atoms with van der Waals surface area (Å²) >= 11 is 5.91. The number of tetrazole rings is 1. The molecule has 0 saturated carbocycles. The highest BCUT2D eigenvalue weighted by atomic mass is 35.5. The molecule has 1 N–H and O–H groups in total. The van der Waals surface area contributed by atoms with Crippen LogP contribution in [-0.4, -0.2) is 47.3 Å². The van der Waals surface area contributed by atoms with Crippen molar-refractivity contribution < 1.29 is 4.79 Å². The monoisotopic (exact) mass is 410 g/mol. The number of aromatic nitrogens is 7. The van der Waals surface area contributed by atoms with Crippen molar-refractivity contribution in [2.75, 3.05) is 6.54 Å². The second-order valence-electron chi connectivity index (χ2n) is 6.45. The number of halogens is 1. The van der Waals surface area contributed by atoms with Crippen molar-refractivity contribution in [3.05, 3.63) is 59.5 Å². The Bertz CT molecular complexity index is 1120. The molecule has 4 aromatic rings.